The molecule has 66 valence electrons. The van der Waals surface area contributed by atoms with Crippen LogP contribution in [0.3, 0.4) is 0 Å². The van der Waals surface area contributed by atoms with Crippen LogP contribution in [0.1, 0.15) is 5.69 Å². The predicted octanol–water partition coefficient (Wildman–Crippen LogP) is -0.190. The highest BCUT2D eigenvalue weighted by Gasteiger charge is 2.04. The van der Waals surface area contributed by atoms with Gasteiger partial charge in [0.25, 0.3) is 5.56 Å². The Morgan fingerprint density at radius 2 is 2.38 bits per heavy atom. The molecule has 13 heavy (non-hydrogen) atoms. The number of rotatable bonds is 1. The summed E-state index contributed by atoms with van der Waals surface area (Å²) in [5.41, 5.74) is 0.546. The standard InChI is InChI=1S/C8H7N3O2/c12-4-6-7-5(2-1-3-9-7)8(13)11-10-6/h1-3,12H,4H2,(H,11,13). The number of aliphatic hydroxyl groups excluding tert-OH is 1. The summed E-state index contributed by atoms with van der Waals surface area (Å²) in [6.07, 6.45) is 1.56. The molecule has 2 aromatic rings. The SMILES string of the molecule is O=c1[nH]nc(CO)c2ncccc12. The minimum Gasteiger partial charge on any atom is -0.390 e. The first kappa shape index (κ1) is 7.88. The number of hydrogen-bond donors (Lipinski definition) is 2. The normalized spacial score (nSPS) is 10.5. The summed E-state index contributed by atoms with van der Waals surface area (Å²) in [6, 6.07) is 3.31. The van der Waals surface area contributed by atoms with Gasteiger partial charge in [-0.2, -0.15) is 5.10 Å². The van der Waals surface area contributed by atoms with E-state index < -0.39 is 0 Å². The number of hydrogen-bond acceptors (Lipinski definition) is 4. The fourth-order valence-electron chi connectivity index (χ4n) is 1.16. The smallest absolute Gasteiger partial charge is 0.273 e. The monoisotopic (exact) mass is 177 g/mol. The van der Waals surface area contributed by atoms with Crippen LogP contribution in [0.2, 0.25) is 0 Å². The van der Waals surface area contributed by atoms with E-state index in [0.29, 0.717) is 16.6 Å². The van der Waals surface area contributed by atoms with E-state index in [-0.39, 0.29) is 12.2 Å². The molecule has 0 unspecified atom stereocenters. The van der Waals surface area contributed by atoms with Crippen molar-refractivity contribution in [1.82, 2.24) is 15.2 Å². The van der Waals surface area contributed by atoms with Crippen LogP contribution >= 0.6 is 0 Å². The molecule has 5 heteroatoms. The second-order valence-corrected chi connectivity index (χ2v) is 2.56. The van der Waals surface area contributed by atoms with Gasteiger partial charge >= 0.3 is 0 Å². The Morgan fingerprint density at radius 1 is 1.54 bits per heavy atom. The van der Waals surface area contributed by atoms with Crippen molar-refractivity contribution < 1.29 is 5.11 Å². The van der Waals surface area contributed by atoms with Gasteiger partial charge in [0.1, 0.15) is 11.2 Å². The molecule has 0 fully saturated rings. The molecular weight excluding hydrogens is 170 g/mol. The largest absolute Gasteiger partial charge is 0.390 e. The van der Waals surface area contributed by atoms with Crippen molar-refractivity contribution in [1.29, 1.82) is 0 Å². The molecule has 0 radical (unpaired) electrons. The third kappa shape index (κ3) is 1.19. The molecule has 0 spiro atoms. The summed E-state index contributed by atoms with van der Waals surface area (Å²) in [4.78, 5) is 15.2. The van der Waals surface area contributed by atoms with Crippen LogP contribution in [0, 0.1) is 0 Å². The van der Waals surface area contributed by atoms with Gasteiger partial charge in [0.2, 0.25) is 0 Å². The average Bonchev–Trinajstić information content (AvgIpc) is 2.19. The molecule has 0 saturated heterocycles. The molecule has 0 amide bonds. The van der Waals surface area contributed by atoms with Crippen molar-refractivity contribution in [2.75, 3.05) is 0 Å². The number of H-pyrrole nitrogens is 1. The summed E-state index contributed by atoms with van der Waals surface area (Å²) in [6.45, 7) is -0.232. The first-order valence-electron chi connectivity index (χ1n) is 3.76. The number of aromatic amines is 1. The fraction of sp³-hybridized carbons (Fsp3) is 0.125. The molecule has 0 aliphatic rings. The summed E-state index contributed by atoms with van der Waals surface area (Å²) in [5.74, 6) is 0. The van der Waals surface area contributed by atoms with E-state index in [1.807, 2.05) is 0 Å². The van der Waals surface area contributed by atoms with Crippen LogP contribution in [0.4, 0.5) is 0 Å². The van der Waals surface area contributed by atoms with Crippen LogP contribution in [0.25, 0.3) is 10.9 Å². The lowest BCUT2D eigenvalue weighted by molar-refractivity contribution is 0.277. The molecule has 0 bridgehead atoms. The van der Waals surface area contributed by atoms with Crippen molar-refractivity contribution in [3.05, 3.63) is 34.4 Å². The lowest BCUT2D eigenvalue weighted by Crippen LogP contribution is -2.11. The van der Waals surface area contributed by atoms with Crippen molar-refractivity contribution in [2.24, 2.45) is 0 Å². The van der Waals surface area contributed by atoms with Crippen LogP contribution in [0.5, 0.6) is 0 Å². The van der Waals surface area contributed by atoms with E-state index in [1.165, 1.54) is 0 Å². The van der Waals surface area contributed by atoms with Crippen LogP contribution in [-0.2, 0) is 6.61 Å². The number of aliphatic hydroxyl groups is 1. The maximum absolute atomic E-state index is 11.2. The third-order valence-electron chi connectivity index (χ3n) is 1.77. The van der Waals surface area contributed by atoms with E-state index in [0.717, 1.165) is 0 Å². The lowest BCUT2D eigenvalue weighted by atomic mass is 10.2. The second-order valence-electron chi connectivity index (χ2n) is 2.56. The van der Waals surface area contributed by atoms with Crippen molar-refractivity contribution in [3.8, 4) is 0 Å². The van der Waals surface area contributed by atoms with E-state index >= 15 is 0 Å². The molecule has 0 aromatic carbocycles. The Kier molecular flexibility index (Phi) is 1.79. The van der Waals surface area contributed by atoms with Gasteiger partial charge in [-0.3, -0.25) is 9.78 Å². The first-order chi connectivity index (χ1) is 6.33. The topological polar surface area (TPSA) is 78.9 Å². The van der Waals surface area contributed by atoms with E-state index in [1.54, 1.807) is 18.3 Å². The van der Waals surface area contributed by atoms with Crippen molar-refractivity contribution in [3.63, 3.8) is 0 Å². The number of nitrogens with zero attached hydrogens (tertiary/aromatic N) is 2. The van der Waals surface area contributed by atoms with Crippen LogP contribution in [-0.4, -0.2) is 20.3 Å². The lowest BCUT2D eigenvalue weighted by Gasteiger charge is -1.98. The Balaban J connectivity index is 2.93. The van der Waals surface area contributed by atoms with Gasteiger partial charge in [-0.15, -0.1) is 0 Å². The summed E-state index contributed by atoms with van der Waals surface area (Å²) < 4.78 is 0. The van der Waals surface area contributed by atoms with Crippen LogP contribution in [0.15, 0.2) is 23.1 Å². The fourth-order valence-corrected chi connectivity index (χ4v) is 1.16. The highest BCUT2D eigenvalue weighted by molar-refractivity contribution is 5.78. The minimum atomic E-state index is -0.291. The highest BCUT2D eigenvalue weighted by Crippen LogP contribution is 2.07. The molecule has 2 rings (SSSR count). The van der Waals surface area contributed by atoms with Gasteiger partial charge in [-0.05, 0) is 12.1 Å². The maximum atomic E-state index is 11.2. The molecule has 2 aromatic heterocycles. The van der Waals surface area contributed by atoms with Gasteiger partial charge in [0.05, 0.1) is 12.0 Å². The molecule has 2 heterocycles. The average molecular weight is 177 g/mol. The molecule has 0 aliphatic heterocycles. The summed E-state index contributed by atoms with van der Waals surface area (Å²) in [5, 5.41) is 15.3. The van der Waals surface area contributed by atoms with Gasteiger partial charge in [0.15, 0.2) is 0 Å². The molecule has 0 saturated carbocycles. The van der Waals surface area contributed by atoms with Crippen LogP contribution < -0.4 is 5.56 Å². The summed E-state index contributed by atoms with van der Waals surface area (Å²) in [7, 11) is 0. The van der Waals surface area contributed by atoms with E-state index in [2.05, 4.69) is 15.2 Å². The predicted molar refractivity (Wildman–Crippen MR) is 46.1 cm³/mol. The Hall–Kier alpha value is -1.75. The second kappa shape index (κ2) is 2.95. The molecule has 0 aliphatic carbocycles. The van der Waals surface area contributed by atoms with Gasteiger partial charge < -0.3 is 5.11 Å². The zero-order valence-electron chi connectivity index (χ0n) is 6.69. The van der Waals surface area contributed by atoms with Gasteiger partial charge in [-0.1, -0.05) is 0 Å². The zero-order valence-corrected chi connectivity index (χ0v) is 6.69. The summed E-state index contributed by atoms with van der Waals surface area (Å²) >= 11 is 0. The van der Waals surface area contributed by atoms with Crippen molar-refractivity contribution >= 4 is 10.9 Å². The molecule has 0 atom stereocenters. The molecule has 2 N–H and O–H groups in total. The van der Waals surface area contributed by atoms with Gasteiger partial charge in [-0.25, -0.2) is 5.10 Å². The van der Waals surface area contributed by atoms with E-state index in [9.17, 15) is 4.79 Å². The number of pyridine rings is 1. The number of nitrogens with one attached hydrogen (secondary N) is 1. The zero-order chi connectivity index (χ0) is 9.26. The minimum absolute atomic E-state index is 0.232. The Labute approximate surface area is 73.1 Å². The quantitative estimate of drug-likeness (QED) is 0.632. The molecular formula is C8H7N3O2. The van der Waals surface area contributed by atoms with E-state index in [4.69, 9.17) is 5.11 Å². The van der Waals surface area contributed by atoms with Crippen molar-refractivity contribution in [2.45, 2.75) is 6.61 Å². The number of aromatic nitrogens is 3. The Morgan fingerprint density at radius 3 is 3.15 bits per heavy atom. The third-order valence-corrected chi connectivity index (χ3v) is 1.77. The highest BCUT2D eigenvalue weighted by atomic mass is 16.3. The molecule has 5 nitrogen and oxygen atoms in total. The van der Waals surface area contributed by atoms with Gasteiger partial charge in [0, 0.05) is 6.20 Å². The maximum Gasteiger partial charge on any atom is 0.273 e. The Bertz CT molecular complexity index is 492. The first-order valence-corrected chi connectivity index (χ1v) is 3.76. The number of fused-ring (bicyclic) bond motifs is 1.